The first kappa shape index (κ1) is 33.9. The van der Waals surface area contributed by atoms with Crippen molar-refractivity contribution in [1.82, 2.24) is 9.13 Å². The van der Waals surface area contributed by atoms with Crippen molar-refractivity contribution in [3.8, 4) is 23.1 Å². The van der Waals surface area contributed by atoms with E-state index < -0.39 is 0 Å². The van der Waals surface area contributed by atoms with Crippen molar-refractivity contribution < 1.29 is 10.2 Å². The second kappa shape index (κ2) is 14.0. The van der Waals surface area contributed by atoms with Gasteiger partial charge in [-0.3, -0.25) is 19.6 Å². The predicted molar refractivity (Wildman–Crippen MR) is 210 cm³/mol. The highest BCUT2D eigenvalue weighted by molar-refractivity contribution is 6.02. The van der Waals surface area contributed by atoms with Gasteiger partial charge in [-0.25, -0.2) is 9.13 Å². The molecule has 7 aromatic rings. The number of aromatic hydroxyl groups is 2. The summed E-state index contributed by atoms with van der Waals surface area (Å²) in [5, 5.41) is 25.0. The van der Waals surface area contributed by atoms with Crippen LogP contribution in [0.5, 0.6) is 11.8 Å². The lowest BCUT2D eigenvalue weighted by Crippen LogP contribution is -2.20. The van der Waals surface area contributed by atoms with Gasteiger partial charge in [0, 0.05) is 34.0 Å². The second-order valence-electron chi connectivity index (χ2n) is 13.1. The van der Waals surface area contributed by atoms with Gasteiger partial charge in [-0.2, -0.15) is 0 Å². The summed E-state index contributed by atoms with van der Waals surface area (Å²) in [6.45, 7) is 8.68. The maximum atomic E-state index is 13.5. The van der Waals surface area contributed by atoms with Crippen molar-refractivity contribution >= 4 is 34.0 Å². The summed E-state index contributed by atoms with van der Waals surface area (Å²) in [4.78, 5) is 36.3. The van der Waals surface area contributed by atoms with Gasteiger partial charge in [0.05, 0.1) is 35.6 Å². The molecule has 0 amide bonds. The zero-order valence-electron chi connectivity index (χ0n) is 29.5. The molecule has 0 saturated carbocycles. The van der Waals surface area contributed by atoms with Gasteiger partial charge in [-0.15, -0.1) is 0 Å². The lowest BCUT2D eigenvalue weighted by Gasteiger charge is -2.15. The van der Waals surface area contributed by atoms with Crippen LogP contribution in [0.15, 0.2) is 129 Å². The van der Waals surface area contributed by atoms with Crippen LogP contribution in [0.2, 0.25) is 0 Å². The average Bonchev–Trinajstić information content (AvgIpc) is 3.14. The highest BCUT2D eigenvalue weighted by atomic mass is 16.3. The number of nitrogens with zero attached hydrogens (tertiary/aromatic N) is 4. The van der Waals surface area contributed by atoms with Crippen LogP contribution >= 0.6 is 0 Å². The Kier molecular flexibility index (Phi) is 9.13. The molecule has 7 rings (SSSR count). The number of aliphatic imine (C=N–C) groups is 2. The van der Waals surface area contributed by atoms with Crippen molar-refractivity contribution in [3.05, 3.63) is 174 Å². The zero-order valence-corrected chi connectivity index (χ0v) is 29.5. The Hall–Kier alpha value is -6.54. The van der Waals surface area contributed by atoms with Crippen molar-refractivity contribution in [2.24, 2.45) is 9.98 Å². The molecule has 0 aliphatic heterocycles. The van der Waals surface area contributed by atoms with Gasteiger partial charge in [-0.1, -0.05) is 72.8 Å². The Labute approximate surface area is 301 Å². The molecule has 0 unspecified atom stereocenters. The number of aryl methyl sites for hydroxylation is 4. The molecule has 5 aromatic carbocycles. The monoisotopic (exact) mass is 686 g/mol. The third-order valence-electron chi connectivity index (χ3n) is 9.72. The van der Waals surface area contributed by atoms with E-state index in [1.54, 1.807) is 24.6 Å². The molecule has 0 atom stereocenters. The van der Waals surface area contributed by atoms with Gasteiger partial charge in [0.1, 0.15) is 0 Å². The molecule has 52 heavy (non-hydrogen) atoms. The van der Waals surface area contributed by atoms with E-state index in [9.17, 15) is 19.8 Å². The summed E-state index contributed by atoms with van der Waals surface area (Å²) in [5.74, 6) is -0.320. The lowest BCUT2D eigenvalue weighted by atomic mass is 10.1. The van der Waals surface area contributed by atoms with E-state index in [1.165, 1.54) is 9.13 Å². The number of benzene rings is 5. The lowest BCUT2D eigenvalue weighted by molar-refractivity contribution is 0.435. The molecular weight excluding hydrogens is 649 g/mol. The molecule has 0 radical (unpaired) electrons. The highest BCUT2D eigenvalue weighted by Gasteiger charge is 2.18. The van der Waals surface area contributed by atoms with E-state index in [0.717, 1.165) is 33.4 Å². The normalized spacial score (nSPS) is 11.8. The summed E-state index contributed by atoms with van der Waals surface area (Å²) in [7, 11) is 0. The quantitative estimate of drug-likeness (QED) is 0.157. The molecule has 0 spiro atoms. The predicted octanol–water partition coefficient (Wildman–Crippen LogP) is 8.18. The van der Waals surface area contributed by atoms with Crippen molar-refractivity contribution in [2.45, 2.75) is 40.8 Å². The van der Waals surface area contributed by atoms with Crippen LogP contribution in [0.3, 0.4) is 0 Å². The largest absolute Gasteiger partial charge is 0.494 e. The molecule has 2 N–H and O–H groups in total. The fourth-order valence-electron chi connectivity index (χ4n) is 6.42. The van der Waals surface area contributed by atoms with Crippen molar-refractivity contribution in [1.29, 1.82) is 0 Å². The van der Waals surface area contributed by atoms with Crippen LogP contribution in [0.1, 0.15) is 44.5 Å². The third-order valence-corrected chi connectivity index (χ3v) is 9.72. The molecule has 2 aromatic heterocycles. The number of fused-ring (bicyclic) bond motifs is 2. The van der Waals surface area contributed by atoms with Crippen molar-refractivity contribution in [2.75, 3.05) is 0 Å². The first-order valence-corrected chi connectivity index (χ1v) is 17.1. The van der Waals surface area contributed by atoms with Gasteiger partial charge in [0.2, 0.25) is 11.8 Å². The standard InChI is InChI=1S/C44H38N4O4/c1-27-13-19-33(21-29(27)3)47-41(49)37-11-7-5-9-35(37)39(43(47)51)25-45-23-31-15-17-32(18-16-31)24-46-26-40-36-10-6-8-12-38(36)42(50)48(44(40)52)34-20-14-28(2)30(4)22-34/h5-22,25-26,51-52H,23-24H2,1-4H3. The Morgan fingerprint density at radius 3 is 1.23 bits per heavy atom. The minimum absolute atomic E-state index is 0.160. The third kappa shape index (κ3) is 6.31. The summed E-state index contributed by atoms with van der Waals surface area (Å²) >= 11 is 0. The number of hydrogen-bond acceptors (Lipinski definition) is 6. The van der Waals surface area contributed by atoms with Gasteiger partial charge < -0.3 is 10.2 Å². The summed E-state index contributed by atoms with van der Waals surface area (Å²) in [6, 6.07) is 33.7. The topological polar surface area (TPSA) is 109 Å². The number of hydrogen-bond donors (Lipinski definition) is 2. The van der Waals surface area contributed by atoms with E-state index in [2.05, 4.69) is 9.98 Å². The molecule has 258 valence electrons. The SMILES string of the molecule is Cc1ccc(-n2c(O)c(C=NCc3ccc(CN=Cc4c(O)n(-c5ccc(C)c(C)c5)c(=O)c5ccccc45)cc3)c3ccccc3c2=O)cc1C. The van der Waals surface area contributed by atoms with E-state index in [1.807, 2.05) is 125 Å². The summed E-state index contributed by atoms with van der Waals surface area (Å²) in [6.07, 6.45) is 3.25. The zero-order chi connectivity index (χ0) is 36.5. The van der Waals surface area contributed by atoms with E-state index >= 15 is 0 Å². The average molecular weight is 687 g/mol. The molecular formula is C44H38N4O4. The van der Waals surface area contributed by atoms with Gasteiger partial charge in [0.25, 0.3) is 11.1 Å². The fraction of sp³-hybridized carbons (Fsp3) is 0.136. The molecule has 0 aliphatic carbocycles. The Morgan fingerprint density at radius 2 is 0.865 bits per heavy atom. The molecule has 8 heteroatoms. The number of aromatic nitrogens is 2. The smallest absolute Gasteiger partial charge is 0.265 e. The molecule has 8 nitrogen and oxygen atoms in total. The maximum Gasteiger partial charge on any atom is 0.265 e. The first-order valence-electron chi connectivity index (χ1n) is 17.1. The van der Waals surface area contributed by atoms with Gasteiger partial charge in [0.15, 0.2) is 0 Å². The summed E-state index contributed by atoms with van der Waals surface area (Å²) in [5.41, 5.74) is 7.70. The molecule has 2 heterocycles. The van der Waals surface area contributed by atoms with E-state index in [-0.39, 0.29) is 22.9 Å². The molecule has 0 saturated heterocycles. The molecule has 0 fully saturated rings. The number of rotatable bonds is 8. The molecule has 0 aliphatic rings. The Bertz CT molecular complexity index is 2500. The van der Waals surface area contributed by atoms with Gasteiger partial charge in [-0.05, 0) is 97.5 Å². The van der Waals surface area contributed by atoms with Crippen molar-refractivity contribution in [3.63, 3.8) is 0 Å². The number of pyridine rings is 2. The van der Waals surface area contributed by atoms with Crippen LogP contribution in [0.4, 0.5) is 0 Å². The Morgan fingerprint density at radius 1 is 0.500 bits per heavy atom. The van der Waals surface area contributed by atoms with Crippen LogP contribution < -0.4 is 11.1 Å². The van der Waals surface area contributed by atoms with E-state index in [4.69, 9.17) is 0 Å². The first-order chi connectivity index (χ1) is 25.1. The van der Waals surface area contributed by atoms with Crippen LogP contribution in [-0.4, -0.2) is 31.8 Å². The van der Waals surface area contributed by atoms with Gasteiger partial charge >= 0.3 is 0 Å². The van der Waals surface area contributed by atoms with E-state index in [0.29, 0.717) is 57.1 Å². The molecule has 0 bridgehead atoms. The minimum atomic E-state index is -0.293. The summed E-state index contributed by atoms with van der Waals surface area (Å²) < 4.78 is 2.68. The second-order valence-corrected chi connectivity index (χ2v) is 13.1. The highest BCUT2D eigenvalue weighted by Crippen LogP contribution is 2.28. The maximum absolute atomic E-state index is 13.5. The fourth-order valence-corrected chi connectivity index (χ4v) is 6.42. The van der Waals surface area contributed by atoms with Crippen LogP contribution in [-0.2, 0) is 13.1 Å². The minimum Gasteiger partial charge on any atom is -0.494 e. The Balaban J connectivity index is 1.13. The van der Waals surface area contributed by atoms with Crippen LogP contribution in [0.25, 0.3) is 32.9 Å². The van der Waals surface area contributed by atoms with Crippen LogP contribution in [0, 0.1) is 27.7 Å².